The Labute approximate surface area is 75.6 Å². The Hall–Kier alpha value is -0.240. The van der Waals surface area contributed by atoms with Crippen LogP contribution < -0.4 is 5.73 Å². The van der Waals surface area contributed by atoms with Crippen molar-refractivity contribution >= 4 is 0 Å². The number of hydrogen-bond acceptors (Lipinski definition) is 6. The molecular weight excluding hydrogens is 178 g/mol. The summed E-state index contributed by atoms with van der Waals surface area (Å²) in [6.07, 6.45) is -5.42. The highest BCUT2D eigenvalue weighted by atomic mass is 16.5. The molecule has 0 aliphatic carbocycles. The van der Waals surface area contributed by atoms with Gasteiger partial charge in [-0.1, -0.05) is 0 Å². The Morgan fingerprint density at radius 3 is 2.00 bits per heavy atom. The monoisotopic (exact) mass is 193 g/mol. The van der Waals surface area contributed by atoms with E-state index in [2.05, 4.69) is 0 Å². The zero-order valence-electron chi connectivity index (χ0n) is 7.08. The summed E-state index contributed by atoms with van der Waals surface area (Å²) in [5, 5.41) is 36.7. The molecular formula is C7H15NO5. The van der Waals surface area contributed by atoms with Gasteiger partial charge in [0, 0.05) is 6.54 Å². The fraction of sp³-hybridized carbons (Fsp3) is 1.00. The van der Waals surface area contributed by atoms with Gasteiger partial charge in [0.05, 0.1) is 12.7 Å². The minimum absolute atomic E-state index is 0.0292. The zero-order valence-corrected chi connectivity index (χ0v) is 7.08. The second-order valence-corrected chi connectivity index (χ2v) is 3.10. The molecule has 0 saturated carbocycles. The van der Waals surface area contributed by atoms with Gasteiger partial charge in [-0.25, -0.2) is 0 Å². The smallest absolute Gasteiger partial charge is 0.111 e. The van der Waals surface area contributed by atoms with Crippen LogP contribution >= 0.6 is 0 Å². The van der Waals surface area contributed by atoms with E-state index >= 15 is 0 Å². The lowest BCUT2D eigenvalue weighted by molar-refractivity contribution is -0.226. The molecule has 3 unspecified atom stereocenters. The first-order valence-corrected chi connectivity index (χ1v) is 4.12. The largest absolute Gasteiger partial charge is 0.394 e. The minimum Gasteiger partial charge on any atom is -0.394 e. The highest BCUT2D eigenvalue weighted by Crippen LogP contribution is 2.20. The maximum Gasteiger partial charge on any atom is 0.111 e. The summed E-state index contributed by atoms with van der Waals surface area (Å²) in [5.74, 6) is 0. The van der Waals surface area contributed by atoms with Crippen LogP contribution in [0.3, 0.4) is 0 Å². The van der Waals surface area contributed by atoms with E-state index in [1.807, 2.05) is 0 Å². The quantitative estimate of drug-likeness (QED) is 0.315. The summed E-state index contributed by atoms with van der Waals surface area (Å²) in [5.41, 5.74) is 5.26. The van der Waals surface area contributed by atoms with Crippen molar-refractivity contribution in [2.24, 2.45) is 5.73 Å². The second-order valence-electron chi connectivity index (χ2n) is 3.10. The van der Waals surface area contributed by atoms with Gasteiger partial charge in [-0.2, -0.15) is 0 Å². The van der Waals surface area contributed by atoms with Gasteiger partial charge in [-0.15, -0.1) is 0 Å². The predicted octanol–water partition coefficient (Wildman–Crippen LogP) is -3.21. The lowest BCUT2D eigenvalue weighted by atomic mass is 9.95. The molecule has 0 amide bonds. The average molecular weight is 193 g/mol. The normalized spacial score (nSPS) is 46.4. The van der Waals surface area contributed by atoms with Crippen molar-refractivity contribution in [2.45, 2.75) is 30.5 Å². The van der Waals surface area contributed by atoms with Crippen LogP contribution in [-0.4, -0.2) is 64.1 Å². The molecule has 13 heavy (non-hydrogen) atoms. The molecule has 0 bridgehead atoms. The van der Waals surface area contributed by atoms with Crippen LogP contribution in [0, 0.1) is 0 Å². The Morgan fingerprint density at radius 2 is 1.54 bits per heavy atom. The Morgan fingerprint density at radius 1 is 1.00 bits per heavy atom. The average Bonchev–Trinajstić information content (AvgIpc) is 2.15. The standard InChI is InChI=1S/C7H15NO5/c8-1-3-5(10)7(12)6(11)4(2-9)13-3/h3-7,9-12H,1-2,8H2/t3?,4?,5-,6?,7-/m1/s1. The van der Waals surface area contributed by atoms with Gasteiger partial charge in [-0.05, 0) is 0 Å². The number of ether oxygens (including phenoxy) is 1. The number of hydrogen-bond donors (Lipinski definition) is 5. The van der Waals surface area contributed by atoms with Crippen molar-refractivity contribution in [3.8, 4) is 0 Å². The van der Waals surface area contributed by atoms with Gasteiger partial charge < -0.3 is 30.9 Å². The molecule has 0 spiro atoms. The molecule has 0 aromatic carbocycles. The third-order valence-corrected chi connectivity index (χ3v) is 2.22. The molecule has 5 atom stereocenters. The van der Waals surface area contributed by atoms with Crippen LogP contribution in [0.4, 0.5) is 0 Å². The molecule has 1 fully saturated rings. The second kappa shape index (κ2) is 4.32. The maximum absolute atomic E-state index is 9.32. The molecule has 1 heterocycles. The first-order valence-electron chi connectivity index (χ1n) is 4.12. The highest BCUT2D eigenvalue weighted by Gasteiger charge is 2.42. The number of aliphatic hydroxyl groups excluding tert-OH is 4. The van der Waals surface area contributed by atoms with E-state index in [4.69, 9.17) is 15.6 Å². The summed E-state index contributed by atoms with van der Waals surface area (Å²) < 4.78 is 5.04. The first-order chi connectivity index (χ1) is 6.11. The van der Waals surface area contributed by atoms with Gasteiger partial charge in [-0.3, -0.25) is 0 Å². The Bertz CT molecular complexity index is 147. The fourth-order valence-corrected chi connectivity index (χ4v) is 1.37. The van der Waals surface area contributed by atoms with E-state index in [0.29, 0.717) is 0 Å². The van der Waals surface area contributed by atoms with E-state index in [1.165, 1.54) is 0 Å². The summed E-state index contributed by atoms with van der Waals surface area (Å²) in [6, 6.07) is 0. The molecule has 6 heteroatoms. The summed E-state index contributed by atoms with van der Waals surface area (Å²) in [7, 11) is 0. The van der Waals surface area contributed by atoms with Crippen molar-refractivity contribution in [1.82, 2.24) is 0 Å². The van der Waals surface area contributed by atoms with Crippen molar-refractivity contribution in [3.05, 3.63) is 0 Å². The van der Waals surface area contributed by atoms with Gasteiger partial charge in [0.15, 0.2) is 0 Å². The molecule has 6 N–H and O–H groups in total. The first kappa shape index (κ1) is 10.8. The highest BCUT2D eigenvalue weighted by molar-refractivity contribution is 4.92. The number of nitrogens with two attached hydrogens (primary N) is 1. The summed E-state index contributed by atoms with van der Waals surface area (Å²) in [4.78, 5) is 0. The van der Waals surface area contributed by atoms with Crippen LogP contribution in [0.25, 0.3) is 0 Å². The molecule has 78 valence electrons. The van der Waals surface area contributed by atoms with Crippen LogP contribution in [0.1, 0.15) is 0 Å². The Balaban J connectivity index is 2.66. The van der Waals surface area contributed by atoms with E-state index < -0.39 is 37.1 Å². The van der Waals surface area contributed by atoms with Crippen LogP contribution in [0.5, 0.6) is 0 Å². The van der Waals surface area contributed by atoms with Gasteiger partial charge >= 0.3 is 0 Å². The zero-order chi connectivity index (χ0) is 10.0. The lowest BCUT2D eigenvalue weighted by Crippen LogP contribution is -2.60. The maximum atomic E-state index is 9.32. The van der Waals surface area contributed by atoms with Gasteiger partial charge in [0.1, 0.15) is 24.4 Å². The van der Waals surface area contributed by atoms with E-state index in [9.17, 15) is 15.3 Å². The van der Waals surface area contributed by atoms with Crippen molar-refractivity contribution in [2.75, 3.05) is 13.2 Å². The molecule has 6 nitrogen and oxygen atoms in total. The van der Waals surface area contributed by atoms with E-state index in [1.54, 1.807) is 0 Å². The third-order valence-electron chi connectivity index (χ3n) is 2.22. The molecule has 0 radical (unpaired) electrons. The van der Waals surface area contributed by atoms with E-state index in [0.717, 1.165) is 0 Å². The fourth-order valence-electron chi connectivity index (χ4n) is 1.37. The van der Waals surface area contributed by atoms with Crippen LogP contribution in [-0.2, 0) is 4.74 Å². The summed E-state index contributed by atoms with van der Waals surface area (Å²) in [6.45, 7) is -0.386. The molecule has 1 aliphatic rings. The third kappa shape index (κ3) is 1.98. The van der Waals surface area contributed by atoms with Crippen LogP contribution in [0.15, 0.2) is 0 Å². The van der Waals surface area contributed by atoms with Crippen molar-refractivity contribution < 1.29 is 25.2 Å². The molecule has 0 aromatic heterocycles. The number of aliphatic hydroxyl groups is 4. The molecule has 1 saturated heterocycles. The van der Waals surface area contributed by atoms with E-state index in [-0.39, 0.29) is 6.54 Å². The van der Waals surface area contributed by atoms with Crippen molar-refractivity contribution in [1.29, 1.82) is 0 Å². The topological polar surface area (TPSA) is 116 Å². The number of rotatable bonds is 2. The van der Waals surface area contributed by atoms with Gasteiger partial charge in [0.2, 0.25) is 0 Å². The minimum atomic E-state index is -1.32. The van der Waals surface area contributed by atoms with Crippen molar-refractivity contribution in [3.63, 3.8) is 0 Å². The summed E-state index contributed by atoms with van der Waals surface area (Å²) >= 11 is 0. The molecule has 0 aromatic rings. The Kier molecular flexibility index (Phi) is 3.60. The molecule has 1 rings (SSSR count). The van der Waals surface area contributed by atoms with Crippen LogP contribution in [0.2, 0.25) is 0 Å². The SMILES string of the molecule is NCC1OC(CO)C(O)[C@H](O)[C@@H]1O. The predicted molar refractivity (Wildman–Crippen MR) is 42.8 cm³/mol. The molecule has 1 aliphatic heterocycles. The van der Waals surface area contributed by atoms with Gasteiger partial charge in [0.25, 0.3) is 0 Å². The lowest BCUT2D eigenvalue weighted by Gasteiger charge is -2.39.